The maximum Gasteiger partial charge on any atom is 0.326 e. The second-order valence-electron chi connectivity index (χ2n) is 5.68. The zero-order valence-corrected chi connectivity index (χ0v) is 14.5. The fourth-order valence-electron chi connectivity index (χ4n) is 2.34. The summed E-state index contributed by atoms with van der Waals surface area (Å²) in [6.45, 7) is 4.13. The summed E-state index contributed by atoms with van der Waals surface area (Å²) in [5.41, 5.74) is 1.43. The molecule has 0 spiro atoms. The van der Waals surface area contributed by atoms with Crippen LogP contribution in [0.15, 0.2) is 59.5 Å². The maximum absolute atomic E-state index is 12.5. The number of rotatable bonds is 7. The molecule has 0 saturated carbocycles. The van der Waals surface area contributed by atoms with Crippen molar-refractivity contribution in [2.24, 2.45) is 0 Å². The summed E-state index contributed by atoms with van der Waals surface area (Å²) >= 11 is 0. The third-order valence-electron chi connectivity index (χ3n) is 4.02. The lowest BCUT2D eigenvalue weighted by molar-refractivity contribution is -0.139. The van der Waals surface area contributed by atoms with Crippen molar-refractivity contribution >= 4 is 16.0 Å². The molecule has 0 bridgehead atoms. The van der Waals surface area contributed by atoms with Gasteiger partial charge in [0.25, 0.3) is 0 Å². The Bertz CT molecular complexity index is 786. The highest BCUT2D eigenvalue weighted by molar-refractivity contribution is 7.89. The molecule has 0 aliphatic rings. The van der Waals surface area contributed by atoms with Gasteiger partial charge in [0.05, 0.1) is 4.90 Å². The largest absolute Gasteiger partial charge is 0.480 e. The van der Waals surface area contributed by atoms with Gasteiger partial charge in [0, 0.05) is 0 Å². The Morgan fingerprint density at radius 2 is 1.62 bits per heavy atom. The minimum atomic E-state index is -3.93. The van der Waals surface area contributed by atoms with Crippen LogP contribution in [0.25, 0.3) is 0 Å². The minimum absolute atomic E-state index is 0.0525. The number of hydrogen-bond donors (Lipinski definition) is 2. The van der Waals surface area contributed by atoms with Gasteiger partial charge in [0.1, 0.15) is 6.04 Å². The van der Waals surface area contributed by atoms with Crippen molar-refractivity contribution in [1.82, 2.24) is 4.72 Å². The Kier molecular flexibility index (Phi) is 5.75. The molecular weight excluding hydrogens is 326 g/mol. The second kappa shape index (κ2) is 7.59. The van der Waals surface area contributed by atoms with Crippen LogP contribution < -0.4 is 4.72 Å². The average Bonchev–Trinajstić information content (AvgIpc) is 2.59. The zero-order chi connectivity index (χ0) is 17.7. The molecule has 2 aromatic carbocycles. The van der Waals surface area contributed by atoms with Gasteiger partial charge in [-0.3, -0.25) is 4.79 Å². The molecule has 2 N–H and O–H groups in total. The predicted molar refractivity (Wildman–Crippen MR) is 92.3 cm³/mol. The van der Waals surface area contributed by atoms with Gasteiger partial charge in [-0.2, -0.15) is 4.72 Å². The molecular formula is C18H21NO4S. The molecule has 5 nitrogen and oxygen atoms in total. The molecule has 0 fully saturated rings. The first-order valence-corrected chi connectivity index (χ1v) is 9.23. The van der Waals surface area contributed by atoms with E-state index in [9.17, 15) is 18.3 Å². The average molecular weight is 347 g/mol. The van der Waals surface area contributed by atoms with Crippen molar-refractivity contribution in [1.29, 1.82) is 0 Å². The van der Waals surface area contributed by atoms with E-state index in [0.717, 1.165) is 12.0 Å². The molecule has 0 aliphatic carbocycles. The van der Waals surface area contributed by atoms with E-state index in [4.69, 9.17) is 0 Å². The monoisotopic (exact) mass is 347 g/mol. The summed E-state index contributed by atoms with van der Waals surface area (Å²) in [4.78, 5) is 11.5. The second-order valence-corrected chi connectivity index (χ2v) is 7.40. The van der Waals surface area contributed by atoms with Crippen LogP contribution in [0.1, 0.15) is 43.4 Å². The zero-order valence-electron chi connectivity index (χ0n) is 13.6. The number of aliphatic carboxylic acids is 1. The van der Waals surface area contributed by atoms with Crippen LogP contribution >= 0.6 is 0 Å². The van der Waals surface area contributed by atoms with Crippen molar-refractivity contribution in [2.75, 3.05) is 0 Å². The number of carbonyl (C=O) groups is 1. The van der Waals surface area contributed by atoms with Crippen LogP contribution in [0.4, 0.5) is 0 Å². The summed E-state index contributed by atoms with van der Waals surface area (Å²) in [5.74, 6) is -0.910. The Morgan fingerprint density at radius 1 is 1.04 bits per heavy atom. The molecule has 0 aromatic heterocycles. The highest BCUT2D eigenvalue weighted by Crippen LogP contribution is 2.22. The van der Waals surface area contributed by atoms with Gasteiger partial charge >= 0.3 is 5.97 Å². The van der Waals surface area contributed by atoms with Crippen molar-refractivity contribution in [2.45, 2.75) is 37.1 Å². The predicted octanol–water partition coefficient (Wildman–Crippen LogP) is 3.30. The van der Waals surface area contributed by atoms with E-state index >= 15 is 0 Å². The van der Waals surface area contributed by atoms with Crippen molar-refractivity contribution in [3.8, 4) is 0 Å². The lowest BCUT2D eigenvalue weighted by Crippen LogP contribution is -2.33. The van der Waals surface area contributed by atoms with Crippen LogP contribution in [0.3, 0.4) is 0 Å². The van der Waals surface area contributed by atoms with Gasteiger partial charge < -0.3 is 5.11 Å². The lowest BCUT2D eigenvalue weighted by Gasteiger charge is -2.16. The van der Waals surface area contributed by atoms with Crippen LogP contribution in [0, 0.1) is 0 Å². The molecule has 24 heavy (non-hydrogen) atoms. The summed E-state index contributed by atoms with van der Waals surface area (Å²) in [7, 11) is -3.93. The van der Waals surface area contributed by atoms with Crippen molar-refractivity contribution < 1.29 is 18.3 Å². The van der Waals surface area contributed by atoms with Crippen LogP contribution in [0.5, 0.6) is 0 Å². The molecule has 128 valence electrons. The van der Waals surface area contributed by atoms with E-state index in [1.807, 2.05) is 0 Å². The van der Waals surface area contributed by atoms with Gasteiger partial charge in [0.2, 0.25) is 10.0 Å². The van der Waals surface area contributed by atoms with Gasteiger partial charge in [0.15, 0.2) is 0 Å². The van der Waals surface area contributed by atoms with Gasteiger partial charge in [-0.25, -0.2) is 8.42 Å². The molecule has 2 aromatic rings. The Balaban J connectivity index is 2.27. The molecule has 2 rings (SSSR count). The number of sulfonamides is 1. The fourth-order valence-corrected chi connectivity index (χ4v) is 3.52. The first kappa shape index (κ1) is 18.2. The fraction of sp³-hybridized carbons (Fsp3) is 0.278. The first-order valence-electron chi connectivity index (χ1n) is 7.75. The molecule has 6 heteroatoms. The Hall–Kier alpha value is -2.18. The summed E-state index contributed by atoms with van der Waals surface area (Å²) in [5, 5.41) is 9.36. The SMILES string of the molecule is CCC(C)c1ccc(S(=O)(=O)NC(C(=O)O)c2ccccc2)cc1. The van der Waals surface area contributed by atoms with Gasteiger partial charge in [-0.1, -0.05) is 56.3 Å². The summed E-state index contributed by atoms with van der Waals surface area (Å²) < 4.78 is 27.3. The molecule has 0 saturated heterocycles. The highest BCUT2D eigenvalue weighted by atomic mass is 32.2. The van der Waals surface area contributed by atoms with E-state index < -0.39 is 22.0 Å². The van der Waals surface area contributed by atoms with Gasteiger partial charge in [-0.05, 0) is 35.6 Å². The van der Waals surface area contributed by atoms with Crippen LogP contribution in [-0.4, -0.2) is 19.5 Å². The molecule has 0 aliphatic heterocycles. The standard InChI is InChI=1S/C18H21NO4S/c1-3-13(2)14-9-11-16(12-10-14)24(22,23)19-17(18(20)21)15-7-5-4-6-8-15/h4-13,17,19H,3H2,1-2H3,(H,20,21). The van der Waals surface area contributed by atoms with E-state index in [0.29, 0.717) is 11.5 Å². The third kappa shape index (κ3) is 4.21. The summed E-state index contributed by atoms with van der Waals surface area (Å²) in [6, 6.07) is 13.4. The number of benzene rings is 2. The van der Waals surface area contributed by atoms with Gasteiger partial charge in [-0.15, -0.1) is 0 Å². The maximum atomic E-state index is 12.5. The Labute approximate surface area is 142 Å². The quantitative estimate of drug-likeness (QED) is 0.805. The highest BCUT2D eigenvalue weighted by Gasteiger charge is 2.26. The van der Waals surface area contributed by atoms with Crippen LogP contribution in [0.2, 0.25) is 0 Å². The van der Waals surface area contributed by atoms with E-state index in [-0.39, 0.29) is 4.90 Å². The van der Waals surface area contributed by atoms with E-state index in [1.54, 1.807) is 42.5 Å². The minimum Gasteiger partial charge on any atom is -0.480 e. The van der Waals surface area contributed by atoms with Crippen molar-refractivity contribution in [3.63, 3.8) is 0 Å². The molecule has 2 unspecified atom stereocenters. The number of carboxylic acids is 1. The van der Waals surface area contributed by atoms with Crippen molar-refractivity contribution in [3.05, 3.63) is 65.7 Å². The van der Waals surface area contributed by atoms with E-state index in [1.165, 1.54) is 12.1 Å². The third-order valence-corrected chi connectivity index (χ3v) is 5.46. The topological polar surface area (TPSA) is 83.5 Å². The molecule has 0 heterocycles. The molecule has 2 atom stereocenters. The Morgan fingerprint density at radius 3 is 2.12 bits per heavy atom. The molecule has 0 amide bonds. The van der Waals surface area contributed by atoms with E-state index in [2.05, 4.69) is 18.6 Å². The number of carboxylic acid groups (broad SMARTS) is 1. The smallest absolute Gasteiger partial charge is 0.326 e. The molecule has 0 radical (unpaired) electrons. The summed E-state index contributed by atoms with van der Waals surface area (Å²) in [6.07, 6.45) is 0.958. The normalized spacial score (nSPS) is 14.1. The number of hydrogen-bond acceptors (Lipinski definition) is 3. The number of nitrogens with one attached hydrogen (secondary N) is 1. The first-order chi connectivity index (χ1) is 11.3. The lowest BCUT2D eigenvalue weighted by atomic mass is 9.99. The van der Waals surface area contributed by atoms with Crippen LogP contribution in [-0.2, 0) is 14.8 Å².